The van der Waals surface area contributed by atoms with Crippen LogP contribution in [0.4, 0.5) is 4.79 Å². The molecule has 0 fully saturated rings. The number of rotatable bonds is 1. The molecule has 0 spiro atoms. The Morgan fingerprint density at radius 3 is 2.86 bits per heavy atom. The number of carbonyl (C=O) groups is 2. The van der Waals surface area contributed by atoms with Crippen molar-refractivity contribution in [3.8, 4) is 11.3 Å². The van der Waals surface area contributed by atoms with Gasteiger partial charge in [0.1, 0.15) is 5.15 Å². The number of hydrogen-bond donors (Lipinski definition) is 1. The molecule has 0 radical (unpaired) electrons. The molecule has 0 bridgehead atoms. The number of fused-ring (bicyclic) bond motifs is 1. The zero-order chi connectivity index (χ0) is 15.1. The highest BCUT2D eigenvalue weighted by atomic mass is 35.5. The van der Waals surface area contributed by atoms with Crippen molar-refractivity contribution in [2.24, 2.45) is 7.05 Å². The first-order valence-corrected chi connectivity index (χ1v) is 6.72. The lowest BCUT2D eigenvalue weighted by molar-refractivity contribution is 0.0725. The fourth-order valence-corrected chi connectivity index (χ4v) is 2.79. The molecule has 2 aromatic rings. The van der Waals surface area contributed by atoms with Crippen LogP contribution in [0.25, 0.3) is 11.3 Å². The van der Waals surface area contributed by atoms with Crippen molar-refractivity contribution < 1.29 is 14.7 Å². The van der Waals surface area contributed by atoms with E-state index < -0.39 is 12.0 Å². The fraction of sp³-hybridized carbons (Fsp3) is 0.214. The summed E-state index contributed by atoms with van der Waals surface area (Å²) < 4.78 is 1.90. The maximum Gasteiger partial charge on any atom is 0.414 e. The van der Waals surface area contributed by atoms with Gasteiger partial charge in [0, 0.05) is 43.2 Å². The summed E-state index contributed by atoms with van der Waals surface area (Å²) >= 11 is 5.89. The molecular formula is C14H12ClN3O3. The first-order chi connectivity index (χ1) is 9.99. The van der Waals surface area contributed by atoms with E-state index in [9.17, 15) is 9.59 Å². The Bertz CT molecular complexity index is 754. The number of halogens is 1. The van der Waals surface area contributed by atoms with Gasteiger partial charge in [-0.3, -0.25) is 4.79 Å². The van der Waals surface area contributed by atoms with Gasteiger partial charge >= 0.3 is 6.09 Å². The molecule has 0 saturated carbocycles. The molecule has 0 unspecified atom stereocenters. The van der Waals surface area contributed by atoms with E-state index in [0.29, 0.717) is 17.1 Å². The van der Waals surface area contributed by atoms with Crippen LogP contribution in [0, 0.1) is 0 Å². The van der Waals surface area contributed by atoms with Crippen molar-refractivity contribution in [1.82, 2.24) is 14.5 Å². The van der Waals surface area contributed by atoms with E-state index in [1.165, 1.54) is 0 Å². The first kappa shape index (κ1) is 13.6. The number of carboxylic acid groups (broad SMARTS) is 1. The SMILES string of the molecule is Cn1c(-c2ccnc(Cl)c2)cc2c1CCN(C(=O)O)C2=O. The van der Waals surface area contributed by atoms with Crippen molar-refractivity contribution in [2.75, 3.05) is 6.54 Å². The minimum atomic E-state index is -1.22. The van der Waals surface area contributed by atoms with Crippen LogP contribution >= 0.6 is 11.6 Å². The minimum absolute atomic E-state index is 0.176. The van der Waals surface area contributed by atoms with Gasteiger partial charge < -0.3 is 9.67 Å². The Kier molecular flexibility index (Phi) is 3.17. The zero-order valence-electron chi connectivity index (χ0n) is 11.2. The monoisotopic (exact) mass is 305 g/mol. The highest BCUT2D eigenvalue weighted by molar-refractivity contribution is 6.29. The zero-order valence-corrected chi connectivity index (χ0v) is 12.0. The predicted octanol–water partition coefficient (Wildman–Crippen LogP) is 2.42. The summed E-state index contributed by atoms with van der Waals surface area (Å²) in [6.45, 7) is 0.176. The molecule has 2 aromatic heterocycles. The van der Waals surface area contributed by atoms with E-state index in [-0.39, 0.29) is 6.54 Å². The standard InChI is InChI=1S/C14H12ClN3O3/c1-17-10-3-5-18(14(20)21)13(19)9(10)7-11(17)8-2-4-16-12(15)6-8/h2,4,6-7H,3,5H2,1H3,(H,20,21). The van der Waals surface area contributed by atoms with Gasteiger partial charge in [-0.25, -0.2) is 14.7 Å². The van der Waals surface area contributed by atoms with Gasteiger partial charge in [-0.15, -0.1) is 0 Å². The second-order valence-electron chi connectivity index (χ2n) is 4.81. The Morgan fingerprint density at radius 1 is 1.43 bits per heavy atom. The second-order valence-corrected chi connectivity index (χ2v) is 5.19. The maximum absolute atomic E-state index is 12.2. The number of amides is 2. The molecular weight excluding hydrogens is 294 g/mol. The van der Waals surface area contributed by atoms with Crippen LogP contribution in [0.3, 0.4) is 0 Å². The number of aromatic nitrogens is 2. The number of hydrogen-bond acceptors (Lipinski definition) is 3. The summed E-state index contributed by atoms with van der Waals surface area (Å²) in [5.74, 6) is -0.481. The number of nitrogens with zero attached hydrogens (tertiary/aromatic N) is 3. The van der Waals surface area contributed by atoms with Gasteiger partial charge in [-0.2, -0.15) is 0 Å². The van der Waals surface area contributed by atoms with Crippen LogP contribution in [0.15, 0.2) is 24.4 Å². The van der Waals surface area contributed by atoms with Crippen LogP contribution in [0.1, 0.15) is 16.1 Å². The molecule has 0 saturated heterocycles. The fourth-order valence-electron chi connectivity index (χ4n) is 2.62. The lowest BCUT2D eigenvalue weighted by Crippen LogP contribution is -2.41. The predicted molar refractivity (Wildman–Crippen MR) is 76.4 cm³/mol. The summed E-state index contributed by atoms with van der Waals surface area (Å²) in [5, 5.41) is 9.40. The minimum Gasteiger partial charge on any atom is -0.465 e. The van der Waals surface area contributed by atoms with Gasteiger partial charge in [-0.1, -0.05) is 11.6 Å². The molecule has 6 nitrogen and oxygen atoms in total. The third kappa shape index (κ3) is 2.17. The molecule has 7 heteroatoms. The van der Waals surface area contributed by atoms with Gasteiger partial charge in [-0.05, 0) is 18.2 Å². The first-order valence-electron chi connectivity index (χ1n) is 6.34. The molecule has 3 rings (SSSR count). The van der Waals surface area contributed by atoms with Crippen molar-refractivity contribution in [3.05, 3.63) is 40.8 Å². The highest BCUT2D eigenvalue weighted by Crippen LogP contribution is 2.29. The molecule has 1 N–H and O–H groups in total. The Morgan fingerprint density at radius 2 is 2.19 bits per heavy atom. The van der Waals surface area contributed by atoms with Crippen molar-refractivity contribution in [2.45, 2.75) is 6.42 Å². The molecule has 108 valence electrons. The summed E-state index contributed by atoms with van der Waals surface area (Å²) in [6, 6.07) is 5.21. The average molecular weight is 306 g/mol. The van der Waals surface area contributed by atoms with Gasteiger partial charge in [0.05, 0.1) is 5.56 Å². The molecule has 1 aliphatic heterocycles. The van der Waals surface area contributed by atoms with Crippen LogP contribution in [0.5, 0.6) is 0 Å². The number of carbonyl (C=O) groups excluding carboxylic acids is 1. The number of pyridine rings is 1. The third-order valence-electron chi connectivity index (χ3n) is 3.66. The van der Waals surface area contributed by atoms with Gasteiger partial charge in [0.2, 0.25) is 0 Å². The maximum atomic E-state index is 12.2. The van der Waals surface area contributed by atoms with E-state index in [4.69, 9.17) is 16.7 Å². The van der Waals surface area contributed by atoms with E-state index >= 15 is 0 Å². The van der Waals surface area contributed by atoms with Gasteiger partial charge in [0.25, 0.3) is 5.91 Å². The van der Waals surface area contributed by atoms with E-state index in [0.717, 1.165) is 21.9 Å². The Hall–Kier alpha value is -2.34. The van der Waals surface area contributed by atoms with Gasteiger partial charge in [0.15, 0.2) is 0 Å². The van der Waals surface area contributed by atoms with Crippen molar-refractivity contribution in [3.63, 3.8) is 0 Å². The molecule has 0 atom stereocenters. The highest BCUT2D eigenvalue weighted by Gasteiger charge is 2.32. The topological polar surface area (TPSA) is 75.4 Å². The second kappa shape index (κ2) is 4.89. The van der Waals surface area contributed by atoms with E-state index in [1.54, 1.807) is 24.4 Å². The Balaban J connectivity index is 2.10. The molecule has 1 aliphatic rings. The molecule has 0 aromatic carbocycles. The van der Waals surface area contributed by atoms with Crippen LogP contribution in [0.2, 0.25) is 5.15 Å². The average Bonchev–Trinajstić information content (AvgIpc) is 2.77. The van der Waals surface area contributed by atoms with Crippen LogP contribution in [-0.4, -0.2) is 38.1 Å². The Labute approximate surface area is 125 Å². The smallest absolute Gasteiger partial charge is 0.414 e. The summed E-state index contributed by atoms with van der Waals surface area (Å²) in [5.41, 5.74) is 2.90. The van der Waals surface area contributed by atoms with Crippen molar-refractivity contribution >= 4 is 23.6 Å². The van der Waals surface area contributed by atoms with E-state index in [1.807, 2.05) is 11.6 Å². The van der Waals surface area contributed by atoms with E-state index in [2.05, 4.69) is 4.98 Å². The summed E-state index contributed by atoms with van der Waals surface area (Å²) in [6.07, 6.45) is 0.876. The van der Waals surface area contributed by atoms with Crippen LogP contribution < -0.4 is 0 Å². The summed E-state index contributed by atoms with van der Waals surface area (Å²) in [7, 11) is 1.85. The number of imide groups is 1. The van der Waals surface area contributed by atoms with Crippen molar-refractivity contribution in [1.29, 1.82) is 0 Å². The third-order valence-corrected chi connectivity index (χ3v) is 3.87. The molecule has 3 heterocycles. The molecule has 21 heavy (non-hydrogen) atoms. The largest absolute Gasteiger partial charge is 0.465 e. The summed E-state index contributed by atoms with van der Waals surface area (Å²) in [4.78, 5) is 28.0. The molecule has 2 amide bonds. The normalized spacial score (nSPS) is 14.2. The molecule has 0 aliphatic carbocycles. The lowest BCUT2D eigenvalue weighted by atomic mass is 10.1. The quantitative estimate of drug-likeness (QED) is 0.821. The van der Waals surface area contributed by atoms with Crippen LogP contribution in [-0.2, 0) is 13.5 Å². The lowest BCUT2D eigenvalue weighted by Gasteiger charge is -2.22.